The Bertz CT molecular complexity index is 590. The molecule has 2 N–H and O–H groups in total. The van der Waals surface area contributed by atoms with Gasteiger partial charge < -0.3 is 19.5 Å². The number of methoxy groups -OCH3 is 1. The molecule has 0 aliphatic carbocycles. The molecule has 0 aliphatic heterocycles. The average Bonchev–Trinajstić information content (AvgIpc) is 2.61. The fraction of sp³-hybridized carbons (Fsp3) is 0.471. The standard InChI is InChI=1S/C17H25N3O5/c1-4-9-25-14-7-6-13(11-15(14)24-5-2)12-19-20-17(22)16(21)18-8-10-23-3/h6-7,11-12H,4-5,8-10H2,1-3H3,(H,18,21)(H,20,22)/b19-12-. The van der Waals surface area contributed by atoms with E-state index in [2.05, 4.69) is 15.8 Å². The van der Waals surface area contributed by atoms with Crippen LogP contribution in [0, 0.1) is 0 Å². The number of hydrogen-bond donors (Lipinski definition) is 2. The van der Waals surface area contributed by atoms with Crippen molar-refractivity contribution in [2.75, 3.05) is 33.5 Å². The predicted octanol–water partition coefficient (Wildman–Crippen LogP) is 1.09. The fourth-order valence-corrected chi connectivity index (χ4v) is 1.77. The van der Waals surface area contributed by atoms with Gasteiger partial charge in [0, 0.05) is 13.7 Å². The number of rotatable bonds is 10. The number of carbonyl (C=O) groups excluding carboxylic acids is 2. The summed E-state index contributed by atoms with van der Waals surface area (Å²) in [6.45, 7) is 5.59. The molecule has 0 heterocycles. The van der Waals surface area contributed by atoms with Gasteiger partial charge in [0.05, 0.1) is 26.0 Å². The molecule has 1 rings (SSSR count). The van der Waals surface area contributed by atoms with E-state index in [0.29, 0.717) is 36.9 Å². The van der Waals surface area contributed by atoms with Crippen molar-refractivity contribution in [3.8, 4) is 11.5 Å². The average molecular weight is 351 g/mol. The fourth-order valence-electron chi connectivity index (χ4n) is 1.77. The first kappa shape index (κ1) is 20.4. The third-order valence-corrected chi connectivity index (χ3v) is 2.91. The molecule has 138 valence electrons. The molecule has 0 fully saturated rings. The van der Waals surface area contributed by atoms with Crippen LogP contribution in [0.25, 0.3) is 0 Å². The van der Waals surface area contributed by atoms with Gasteiger partial charge in [0.25, 0.3) is 0 Å². The van der Waals surface area contributed by atoms with Crippen molar-refractivity contribution in [3.05, 3.63) is 23.8 Å². The van der Waals surface area contributed by atoms with Crippen LogP contribution in [-0.4, -0.2) is 51.5 Å². The van der Waals surface area contributed by atoms with Gasteiger partial charge in [0.1, 0.15) is 0 Å². The molecule has 25 heavy (non-hydrogen) atoms. The van der Waals surface area contributed by atoms with Crippen LogP contribution < -0.4 is 20.2 Å². The zero-order valence-corrected chi connectivity index (χ0v) is 14.8. The first-order valence-electron chi connectivity index (χ1n) is 8.12. The molecule has 0 atom stereocenters. The molecule has 8 nitrogen and oxygen atoms in total. The Kier molecular flexibility index (Phi) is 9.69. The van der Waals surface area contributed by atoms with Crippen molar-refractivity contribution >= 4 is 18.0 Å². The highest BCUT2D eigenvalue weighted by atomic mass is 16.5. The van der Waals surface area contributed by atoms with Gasteiger partial charge >= 0.3 is 11.8 Å². The van der Waals surface area contributed by atoms with E-state index in [9.17, 15) is 9.59 Å². The zero-order valence-electron chi connectivity index (χ0n) is 14.8. The summed E-state index contributed by atoms with van der Waals surface area (Å²) in [6, 6.07) is 5.31. The third kappa shape index (κ3) is 7.67. The highest BCUT2D eigenvalue weighted by molar-refractivity contribution is 6.35. The molecule has 1 aromatic carbocycles. The number of nitrogens with zero attached hydrogens (tertiary/aromatic N) is 1. The number of ether oxygens (including phenoxy) is 3. The lowest BCUT2D eigenvalue weighted by Crippen LogP contribution is -2.39. The second-order valence-corrected chi connectivity index (χ2v) is 4.94. The highest BCUT2D eigenvalue weighted by Gasteiger charge is 2.11. The minimum atomic E-state index is -0.847. The molecule has 0 saturated carbocycles. The van der Waals surface area contributed by atoms with Crippen molar-refractivity contribution in [2.24, 2.45) is 5.10 Å². The topological polar surface area (TPSA) is 98.2 Å². The summed E-state index contributed by atoms with van der Waals surface area (Å²) < 4.78 is 15.9. The van der Waals surface area contributed by atoms with Crippen molar-refractivity contribution in [3.63, 3.8) is 0 Å². The van der Waals surface area contributed by atoms with Gasteiger partial charge in [-0.1, -0.05) is 6.92 Å². The number of nitrogens with one attached hydrogen (secondary N) is 2. The predicted molar refractivity (Wildman–Crippen MR) is 94.0 cm³/mol. The molecule has 0 aliphatic rings. The number of benzene rings is 1. The van der Waals surface area contributed by atoms with Gasteiger partial charge in [0.15, 0.2) is 11.5 Å². The summed E-state index contributed by atoms with van der Waals surface area (Å²) in [5, 5.41) is 6.17. The quantitative estimate of drug-likeness (QED) is 0.285. The van der Waals surface area contributed by atoms with Crippen LogP contribution in [0.2, 0.25) is 0 Å². The van der Waals surface area contributed by atoms with Crippen LogP contribution >= 0.6 is 0 Å². The summed E-state index contributed by atoms with van der Waals surface area (Å²) in [7, 11) is 1.51. The minimum Gasteiger partial charge on any atom is -0.490 e. The van der Waals surface area contributed by atoms with Crippen molar-refractivity contribution in [1.29, 1.82) is 0 Å². The van der Waals surface area contributed by atoms with E-state index in [1.54, 1.807) is 18.2 Å². The monoisotopic (exact) mass is 351 g/mol. The SMILES string of the molecule is CCCOc1ccc(/C=N\NC(=O)C(=O)NCCOC)cc1OCC. The van der Waals surface area contributed by atoms with E-state index in [0.717, 1.165) is 6.42 Å². The van der Waals surface area contributed by atoms with Gasteiger partial charge in [0.2, 0.25) is 0 Å². The minimum absolute atomic E-state index is 0.253. The molecule has 2 amide bonds. The van der Waals surface area contributed by atoms with E-state index in [-0.39, 0.29) is 6.54 Å². The lowest BCUT2D eigenvalue weighted by Gasteiger charge is -2.11. The smallest absolute Gasteiger partial charge is 0.329 e. The van der Waals surface area contributed by atoms with Crippen LogP contribution in [0.15, 0.2) is 23.3 Å². The summed E-state index contributed by atoms with van der Waals surface area (Å²) >= 11 is 0. The van der Waals surface area contributed by atoms with Gasteiger partial charge in [-0.05, 0) is 37.1 Å². The summed E-state index contributed by atoms with van der Waals surface area (Å²) in [5.41, 5.74) is 2.87. The Balaban J connectivity index is 2.62. The van der Waals surface area contributed by atoms with E-state index in [1.807, 2.05) is 13.8 Å². The maximum absolute atomic E-state index is 11.5. The Morgan fingerprint density at radius 3 is 2.60 bits per heavy atom. The first-order valence-corrected chi connectivity index (χ1v) is 8.12. The second kappa shape index (κ2) is 11.9. The van der Waals surface area contributed by atoms with Crippen LogP contribution in [0.4, 0.5) is 0 Å². The summed E-state index contributed by atoms with van der Waals surface area (Å²) in [6.07, 6.45) is 2.32. The Morgan fingerprint density at radius 2 is 1.92 bits per heavy atom. The van der Waals surface area contributed by atoms with Gasteiger partial charge in [-0.2, -0.15) is 5.10 Å². The van der Waals surface area contributed by atoms with Crippen molar-refractivity contribution in [2.45, 2.75) is 20.3 Å². The van der Waals surface area contributed by atoms with Crippen LogP contribution in [-0.2, 0) is 14.3 Å². The lowest BCUT2D eigenvalue weighted by atomic mass is 10.2. The first-order chi connectivity index (χ1) is 12.1. The number of hydrogen-bond acceptors (Lipinski definition) is 6. The zero-order chi connectivity index (χ0) is 18.5. The maximum atomic E-state index is 11.5. The van der Waals surface area contributed by atoms with E-state index in [1.165, 1.54) is 13.3 Å². The van der Waals surface area contributed by atoms with Gasteiger partial charge in [-0.15, -0.1) is 0 Å². The van der Waals surface area contributed by atoms with Gasteiger partial charge in [-0.25, -0.2) is 5.43 Å². The van der Waals surface area contributed by atoms with Crippen molar-refractivity contribution < 1.29 is 23.8 Å². The molecule has 0 bridgehead atoms. The van der Waals surface area contributed by atoms with Crippen LogP contribution in [0.1, 0.15) is 25.8 Å². The number of carbonyl (C=O) groups is 2. The Labute approximate surface area is 147 Å². The highest BCUT2D eigenvalue weighted by Crippen LogP contribution is 2.28. The number of hydrazone groups is 1. The lowest BCUT2D eigenvalue weighted by molar-refractivity contribution is -0.139. The Hall–Kier alpha value is -2.61. The third-order valence-electron chi connectivity index (χ3n) is 2.91. The molecule has 0 saturated heterocycles. The molecular weight excluding hydrogens is 326 g/mol. The maximum Gasteiger partial charge on any atom is 0.329 e. The molecule has 8 heteroatoms. The molecule has 0 aromatic heterocycles. The molecule has 0 spiro atoms. The Morgan fingerprint density at radius 1 is 1.12 bits per heavy atom. The van der Waals surface area contributed by atoms with Crippen LogP contribution in [0.3, 0.4) is 0 Å². The molecule has 0 unspecified atom stereocenters. The van der Waals surface area contributed by atoms with E-state index in [4.69, 9.17) is 14.2 Å². The van der Waals surface area contributed by atoms with E-state index < -0.39 is 11.8 Å². The van der Waals surface area contributed by atoms with Crippen LogP contribution in [0.5, 0.6) is 11.5 Å². The molecule has 1 aromatic rings. The molecular formula is C17H25N3O5. The van der Waals surface area contributed by atoms with E-state index >= 15 is 0 Å². The molecule has 0 radical (unpaired) electrons. The summed E-state index contributed by atoms with van der Waals surface area (Å²) in [5.74, 6) is -0.362. The van der Waals surface area contributed by atoms with Gasteiger partial charge in [-0.3, -0.25) is 9.59 Å². The second-order valence-electron chi connectivity index (χ2n) is 4.94. The van der Waals surface area contributed by atoms with Crippen molar-refractivity contribution in [1.82, 2.24) is 10.7 Å². The largest absolute Gasteiger partial charge is 0.490 e. The summed E-state index contributed by atoms with van der Waals surface area (Å²) in [4.78, 5) is 23.0. The normalized spacial score (nSPS) is 10.5. The number of amides is 2.